The second-order valence-corrected chi connectivity index (χ2v) is 6.91. The van der Waals surface area contributed by atoms with Gasteiger partial charge < -0.3 is 15.1 Å². The summed E-state index contributed by atoms with van der Waals surface area (Å²) in [5, 5.41) is 2.62. The molecule has 6 nitrogen and oxygen atoms in total. The van der Waals surface area contributed by atoms with Crippen LogP contribution in [0.15, 0.2) is 54.6 Å². The Balaban J connectivity index is 1.52. The van der Waals surface area contributed by atoms with E-state index in [0.29, 0.717) is 18.8 Å². The highest BCUT2D eigenvalue weighted by Crippen LogP contribution is 2.22. The molecule has 1 aliphatic heterocycles. The molecule has 0 saturated carbocycles. The van der Waals surface area contributed by atoms with Crippen LogP contribution in [0.3, 0.4) is 0 Å². The number of rotatable bonds is 6. The lowest BCUT2D eigenvalue weighted by molar-refractivity contribution is -0.137. The van der Waals surface area contributed by atoms with Crippen molar-refractivity contribution in [3.05, 3.63) is 66.0 Å². The number of carbonyl (C=O) groups is 3. The van der Waals surface area contributed by atoms with Gasteiger partial charge in [0.15, 0.2) is 0 Å². The second-order valence-electron chi connectivity index (χ2n) is 6.91. The van der Waals surface area contributed by atoms with Gasteiger partial charge in [-0.25, -0.2) is 4.39 Å². The molecule has 1 heterocycles. The third-order valence-electron chi connectivity index (χ3n) is 4.66. The summed E-state index contributed by atoms with van der Waals surface area (Å²) in [7, 11) is 1.54. The molecule has 2 aromatic carbocycles. The molecule has 146 valence electrons. The van der Waals surface area contributed by atoms with Crippen LogP contribution in [0.5, 0.6) is 0 Å². The fourth-order valence-electron chi connectivity index (χ4n) is 3.23. The van der Waals surface area contributed by atoms with Crippen LogP contribution in [0.1, 0.15) is 12.0 Å². The molecule has 0 aromatic heterocycles. The number of benzene rings is 2. The molecule has 1 saturated heterocycles. The Kier molecular flexibility index (Phi) is 6.03. The van der Waals surface area contributed by atoms with Gasteiger partial charge >= 0.3 is 0 Å². The van der Waals surface area contributed by atoms with E-state index in [0.717, 1.165) is 5.56 Å². The highest BCUT2D eigenvalue weighted by Gasteiger charge is 2.35. The second kappa shape index (κ2) is 8.65. The third kappa shape index (κ3) is 4.94. The molecule has 7 heteroatoms. The molecule has 3 amide bonds. The summed E-state index contributed by atoms with van der Waals surface area (Å²) in [6, 6.07) is 15.0. The number of hydrogen-bond acceptors (Lipinski definition) is 3. The van der Waals surface area contributed by atoms with Crippen LogP contribution >= 0.6 is 0 Å². The Bertz CT molecular complexity index is 855. The van der Waals surface area contributed by atoms with Crippen LogP contribution in [0, 0.1) is 11.7 Å². The monoisotopic (exact) mass is 383 g/mol. The highest BCUT2D eigenvalue weighted by atomic mass is 19.1. The van der Waals surface area contributed by atoms with Crippen molar-refractivity contribution in [1.82, 2.24) is 9.80 Å². The van der Waals surface area contributed by atoms with Crippen molar-refractivity contribution < 1.29 is 18.8 Å². The lowest BCUT2D eigenvalue weighted by Gasteiger charge is -2.21. The molecule has 1 N–H and O–H groups in total. The van der Waals surface area contributed by atoms with E-state index < -0.39 is 11.7 Å². The number of halogens is 1. The third-order valence-corrected chi connectivity index (χ3v) is 4.66. The largest absolute Gasteiger partial charge is 0.338 e. The van der Waals surface area contributed by atoms with Crippen LogP contribution in [-0.2, 0) is 20.9 Å². The summed E-state index contributed by atoms with van der Waals surface area (Å²) in [5.74, 6) is -1.53. The van der Waals surface area contributed by atoms with Crippen molar-refractivity contribution in [2.75, 3.05) is 25.5 Å². The number of anilines is 1. The quantitative estimate of drug-likeness (QED) is 0.832. The lowest BCUT2D eigenvalue weighted by atomic mass is 10.1. The van der Waals surface area contributed by atoms with Crippen molar-refractivity contribution >= 4 is 23.4 Å². The van der Waals surface area contributed by atoms with E-state index in [2.05, 4.69) is 5.32 Å². The first kappa shape index (κ1) is 19.5. The van der Waals surface area contributed by atoms with Crippen LogP contribution in [0.4, 0.5) is 10.1 Å². The SMILES string of the molecule is CN(CC(=O)Nc1ccc(F)cc1)C(=O)[C@@H]1CC(=O)N(Cc2ccccc2)C1. The average molecular weight is 383 g/mol. The van der Waals surface area contributed by atoms with Crippen molar-refractivity contribution in [2.24, 2.45) is 5.92 Å². The van der Waals surface area contributed by atoms with E-state index in [1.165, 1.54) is 36.2 Å². The van der Waals surface area contributed by atoms with Crippen molar-refractivity contribution in [3.63, 3.8) is 0 Å². The van der Waals surface area contributed by atoms with E-state index in [9.17, 15) is 18.8 Å². The van der Waals surface area contributed by atoms with E-state index in [-0.39, 0.29) is 30.7 Å². The molecule has 0 aliphatic carbocycles. The average Bonchev–Trinajstić information content (AvgIpc) is 3.04. The molecule has 0 unspecified atom stereocenters. The topological polar surface area (TPSA) is 69.7 Å². The van der Waals surface area contributed by atoms with Gasteiger partial charge in [0.2, 0.25) is 17.7 Å². The first-order chi connectivity index (χ1) is 13.4. The van der Waals surface area contributed by atoms with Crippen LogP contribution < -0.4 is 5.32 Å². The van der Waals surface area contributed by atoms with Crippen LogP contribution in [0.2, 0.25) is 0 Å². The molecule has 1 fully saturated rings. The maximum Gasteiger partial charge on any atom is 0.243 e. The van der Waals surface area contributed by atoms with Gasteiger partial charge in [-0.3, -0.25) is 14.4 Å². The number of amides is 3. The minimum absolute atomic E-state index is 0.0635. The van der Waals surface area contributed by atoms with E-state index in [1.54, 1.807) is 4.90 Å². The van der Waals surface area contributed by atoms with Gasteiger partial charge in [-0.1, -0.05) is 30.3 Å². The number of hydrogen-bond donors (Lipinski definition) is 1. The first-order valence-corrected chi connectivity index (χ1v) is 9.04. The van der Waals surface area contributed by atoms with Gasteiger partial charge in [0.1, 0.15) is 5.82 Å². The van der Waals surface area contributed by atoms with E-state index in [1.807, 2.05) is 30.3 Å². The molecular weight excluding hydrogens is 361 g/mol. The zero-order valence-corrected chi connectivity index (χ0v) is 15.6. The minimum atomic E-state index is -0.458. The number of nitrogens with zero attached hydrogens (tertiary/aromatic N) is 2. The molecule has 1 atom stereocenters. The maximum atomic E-state index is 12.9. The van der Waals surface area contributed by atoms with Gasteiger partial charge in [-0.05, 0) is 29.8 Å². The number of nitrogens with one attached hydrogen (secondary N) is 1. The summed E-state index contributed by atoms with van der Waals surface area (Å²) < 4.78 is 12.9. The van der Waals surface area contributed by atoms with Gasteiger partial charge in [0, 0.05) is 32.2 Å². The molecule has 0 spiro atoms. The molecule has 1 aliphatic rings. The lowest BCUT2D eigenvalue weighted by Crippen LogP contribution is -2.39. The summed E-state index contributed by atoms with van der Waals surface area (Å²) in [5.41, 5.74) is 1.47. The Labute approximate surface area is 162 Å². The number of likely N-dealkylation sites (N-methyl/N-ethyl adjacent to an activating group) is 1. The smallest absolute Gasteiger partial charge is 0.243 e. The predicted molar refractivity (Wildman–Crippen MR) is 103 cm³/mol. The Hall–Kier alpha value is -3.22. The molecule has 2 aromatic rings. The molecule has 0 radical (unpaired) electrons. The normalized spacial score (nSPS) is 16.1. The molecule has 28 heavy (non-hydrogen) atoms. The summed E-state index contributed by atoms with van der Waals surface area (Å²) in [6.45, 7) is 0.675. The summed E-state index contributed by atoms with van der Waals surface area (Å²) in [6.07, 6.45) is 0.148. The Morgan fingerprint density at radius 1 is 1.14 bits per heavy atom. The Morgan fingerprint density at radius 2 is 1.82 bits per heavy atom. The number of carbonyl (C=O) groups excluding carboxylic acids is 3. The fraction of sp³-hybridized carbons (Fsp3) is 0.286. The van der Waals surface area contributed by atoms with Gasteiger partial charge in [-0.15, -0.1) is 0 Å². The standard InChI is InChI=1S/C21H22FN3O3/c1-24(14-19(26)23-18-9-7-17(22)8-10-18)21(28)16-11-20(27)25(13-16)12-15-5-3-2-4-6-15/h2-10,16H,11-14H2,1H3,(H,23,26)/t16-/m1/s1. The van der Waals surface area contributed by atoms with Crippen LogP contribution in [0.25, 0.3) is 0 Å². The van der Waals surface area contributed by atoms with Gasteiger partial charge in [-0.2, -0.15) is 0 Å². The Morgan fingerprint density at radius 3 is 2.50 bits per heavy atom. The van der Waals surface area contributed by atoms with E-state index in [4.69, 9.17) is 0 Å². The van der Waals surface area contributed by atoms with Crippen molar-refractivity contribution in [2.45, 2.75) is 13.0 Å². The number of likely N-dealkylation sites (tertiary alicyclic amines) is 1. The molecular formula is C21H22FN3O3. The van der Waals surface area contributed by atoms with Crippen molar-refractivity contribution in [3.8, 4) is 0 Å². The maximum absolute atomic E-state index is 12.9. The van der Waals surface area contributed by atoms with Crippen LogP contribution in [-0.4, -0.2) is 47.7 Å². The summed E-state index contributed by atoms with van der Waals surface area (Å²) in [4.78, 5) is 40.0. The molecule has 0 bridgehead atoms. The van der Waals surface area contributed by atoms with Gasteiger partial charge in [0.05, 0.1) is 12.5 Å². The molecule has 3 rings (SSSR count). The minimum Gasteiger partial charge on any atom is -0.338 e. The van der Waals surface area contributed by atoms with Crippen molar-refractivity contribution in [1.29, 1.82) is 0 Å². The zero-order chi connectivity index (χ0) is 20.1. The van der Waals surface area contributed by atoms with Gasteiger partial charge in [0.25, 0.3) is 0 Å². The van der Waals surface area contributed by atoms with E-state index >= 15 is 0 Å². The zero-order valence-electron chi connectivity index (χ0n) is 15.6. The highest BCUT2D eigenvalue weighted by molar-refractivity contribution is 5.96. The summed E-state index contributed by atoms with van der Waals surface area (Å²) >= 11 is 0. The first-order valence-electron chi connectivity index (χ1n) is 9.04. The fourth-order valence-corrected chi connectivity index (χ4v) is 3.23. The predicted octanol–water partition coefficient (Wildman–Crippen LogP) is 2.27.